The van der Waals surface area contributed by atoms with Crippen LogP contribution < -0.4 is 0 Å². The quantitative estimate of drug-likeness (QED) is 0.759. The van der Waals surface area contributed by atoms with Gasteiger partial charge in [0, 0.05) is 25.1 Å². The van der Waals surface area contributed by atoms with Crippen LogP contribution in [0.3, 0.4) is 0 Å². The molecule has 3 aliphatic rings. The number of nitrogens with zero attached hydrogens (tertiary/aromatic N) is 2. The third kappa shape index (κ3) is 2.12. The van der Waals surface area contributed by atoms with Gasteiger partial charge < -0.3 is 14.5 Å². The smallest absolute Gasteiger partial charge is 0.246 e. The molecular formula is C15H24N2O3. The van der Waals surface area contributed by atoms with Gasteiger partial charge in [-0.3, -0.25) is 9.59 Å². The summed E-state index contributed by atoms with van der Waals surface area (Å²) >= 11 is 0. The molecule has 0 aromatic rings. The van der Waals surface area contributed by atoms with Crippen molar-refractivity contribution >= 4 is 11.8 Å². The van der Waals surface area contributed by atoms with Crippen LogP contribution in [0.1, 0.15) is 39.5 Å². The first-order valence-electron chi connectivity index (χ1n) is 7.81. The van der Waals surface area contributed by atoms with Gasteiger partial charge in [-0.2, -0.15) is 0 Å². The molecule has 5 heteroatoms. The Morgan fingerprint density at radius 3 is 2.70 bits per heavy atom. The number of carbonyl (C=O) groups excluding carboxylic acids is 2. The van der Waals surface area contributed by atoms with Crippen LogP contribution in [0.15, 0.2) is 0 Å². The van der Waals surface area contributed by atoms with Gasteiger partial charge in [-0.25, -0.2) is 0 Å². The first-order chi connectivity index (χ1) is 9.61. The van der Waals surface area contributed by atoms with E-state index in [0.717, 1.165) is 38.8 Å². The topological polar surface area (TPSA) is 49.9 Å². The molecule has 0 bridgehead atoms. The van der Waals surface area contributed by atoms with Gasteiger partial charge in [-0.1, -0.05) is 0 Å². The number of hydrogen-bond acceptors (Lipinski definition) is 3. The molecule has 5 nitrogen and oxygen atoms in total. The summed E-state index contributed by atoms with van der Waals surface area (Å²) in [6.45, 7) is 6.17. The van der Waals surface area contributed by atoms with Crippen LogP contribution in [0, 0.1) is 5.92 Å². The van der Waals surface area contributed by atoms with Gasteiger partial charge in [0.25, 0.3) is 0 Å². The number of hydrogen-bond donors (Lipinski definition) is 0. The minimum Gasteiger partial charge on any atom is -0.381 e. The molecule has 0 N–H and O–H groups in total. The van der Waals surface area contributed by atoms with Crippen LogP contribution >= 0.6 is 0 Å². The van der Waals surface area contributed by atoms with Crippen LogP contribution in [0.2, 0.25) is 0 Å². The summed E-state index contributed by atoms with van der Waals surface area (Å²) in [6, 6.07) is -0.447. The van der Waals surface area contributed by atoms with Crippen molar-refractivity contribution < 1.29 is 14.3 Å². The number of piperazine rings is 1. The largest absolute Gasteiger partial charge is 0.381 e. The number of piperidine rings is 1. The maximum atomic E-state index is 12.8. The van der Waals surface area contributed by atoms with E-state index in [-0.39, 0.29) is 29.9 Å². The second-order valence-corrected chi connectivity index (χ2v) is 6.33. The zero-order chi connectivity index (χ0) is 14.3. The molecule has 112 valence electrons. The van der Waals surface area contributed by atoms with E-state index in [9.17, 15) is 9.59 Å². The van der Waals surface area contributed by atoms with Crippen molar-refractivity contribution in [2.45, 2.75) is 57.7 Å². The lowest BCUT2D eigenvalue weighted by Gasteiger charge is -2.49. The molecule has 3 fully saturated rings. The molecule has 3 heterocycles. The fourth-order valence-electron chi connectivity index (χ4n) is 3.89. The Bertz CT molecular complexity index is 406. The number of carbonyl (C=O) groups is 2. The molecule has 0 aromatic heterocycles. The Kier molecular flexibility index (Phi) is 3.71. The Hall–Kier alpha value is -1.10. The first kappa shape index (κ1) is 13.9. The van der Waals surface area contributed by atoms with Gasteiger partial charge in [0.2, 0.25) is 11.8 Å². The minimum atomic E-state index is -0.326. The molecule has 0 radical (unpaired) electrons. The van der Waals surface area contributed by atoms with Crippen LogP contribution in [0.4, 0.5) is 0 Å². The number of amides is 2. The van der Waals surface area contributed by atoms with Gasteiger partial charge in [-0.15, -0.1) is 0 Å². The highest BCUT2D eigenvalue weighted by atomic mass is 16.5. The summed E-state index contributed by atoms with van der Waals surface area (Å²) < 4.78 is 5.44. The SMILES string of the molecule is CC1C(=O)N2CCCCC2C(=O)N1C(C)C1CCOC1. The van der Waals surface area contributed by atoms with E-state index in [4.69, 9.17) is 4.74 Å². The van der Waals surface area contributed by atoms with E-state index in [0.29, 0.717) is 12.5 Å². The lowest BCUT2D eigenvalue weighted by molar-refractivity contribution is -0.166. The second-order valence-electron chi connectivity index (χ2n) is 6.33. The van der Waals surface area contributed by atoms with Crippen LogP contribution in [0.5, 0.6) is 0 Å². The van der Waals surface area contributed by atoms with E-state index < -0.39 is 0 Å². The predicted octanol–water partition coefficient (Wildman–Crippen LogP) is 1.02. The van der Waals surface area contributed by atoms with Gasteiger partial charge >= 0.3 is 0 Å². The molecule has 0 spiro atoms. The number of rotatable bonds is 2. The molecule has 0 aliphatic carbocycles. The monoisotopic (exact) mass is 280 g/mol. The maximum Gasteiger partial charge on any atom is 0.246 e. The normalized spacial score (nSPS) is 36.2. The van der Waals surface area contributed by atoms with E-state index in [1.165, 1.54) is 0 Å². The predicted molar refractivity (Wildman–Crippen MR) is 74.0 cm³/mol. The molecule has 0 aromatic carbocycles. The van der Waals surface area contributed by atoms with E-state index >= 15 is 0 Å². The summed E-state index contributed by atoms with van der Waals surface area (Å²) in [4.78, 5) is 29.0. The molecule has 3 rings (SSSR count). The average molecular weight is 280 g/mol. The molecular weight excluding hydrogens is 256 g/mol. The zero-order valence-corrected chi connectivity index (χ0v) is 12.4. The highest BCUT2D eigenvalue weighted by Gasteiger charge is 2.47. The summed E-state index contributed by atoms with van der Waals surface area (Å²) in [7, 11) is 0. The van der Waals surface area contributed by atoms with Crippen molar-refractivity contribution in [3.05, 3.63) is 0 Å². The lowest BCUT2D eigenvalue weighted by Crippen LogP contribution is -2.67. The van der Waals surface area contributed by atoms with Crippen molar-refractivity contribution in [2.75, 3.05) is 19.8 Å². The molecule has 20 heavy (non-hydrogen) atoms. The molecule has 2 amide bonds. The van der Waals surface area contributed by atoms with Crippen LogP contribution in [0.25, 0.3) is 0 Å². The highest BCUT2D eigenvalue weighted by Crippen LogP contribution is 2.31. The Balaban J connectivity index is 1.82. The van der Waals surface area contributed by atoms with Crippen molar-refractivity contribution in [3.63, 3.8) is 0 Å². The minimum absolute atomic E-state index is 0.0908. The molecule has 3 saturated heterocycles. The highest BCUT2D eigenvalue weighted by molar-refractivity contribution is 5.97. The summed E-state index contributed by atoms with van der Waals surface area (Å²) in [5.74, 6) is 0.639. The Morgan fingerprint density at radius 1 is 1.20 bits per heavy atom. The van der Waals surface area contributed by atoms with Crippen LogP contribution in [-0.2, 0) is 14.3 Å². The summed E-state index contributed by atoms with van der Waals surface area (Å²) in [5.41, 5.74) is 0. The van der Waals surface area contributed by atoms with Gasteiger partial charge in [0.05, 0.1) is 6.61 Å². The molecule has 3 aliphatic heterocycles. The third-order valence-electron chi connectivity index (χ3n) is 5.19. The lowest BCUT2D eigenvalue weighted by atomic mass is 9.91. The van der Waals surface area contributed by atoms with Crippen molar-refractivity contribution in [2.24, 2.45) is 5.92 Å². The average Bonchev–Trinajstić information content (AvgIpc) is 2.99. The van der Waals surface area contributed by atoms with Crippen LogP contribution in [-0.4, -0.2) is 59.5 Å². The molecule has 0 saturated carbocycles. The van der Waals surface area contributed by atoms with E-state index in [2.05, 4.69) is 6.92 Å². The zero-order valence-electron chi connectivity index (χ0n) is 12.4. The molecule has 4 unspecified atom stereocenters. The number of ether oxygens (including phenoxy) is 1. The summed E-state index contributed by atoms with van der Waals surface area (Å²) in [5, 5.41) is 0. The second kappa shape index (κ2) is 5.35. The van der Waals surface area contributed by atoms with E-state index in [1.54, 1.807) is 0 Å². The van der Waals surface area contributed by atoms with Crippen molar-refractivity contribution in [1.82, 2.24) is 9.80 Å². The summed E-state index contributed by atoms with van der Waals surface area (Å²) in [6.07, 6.45) is 3.87. The maximum absolute atomic E-state index is 12.8. The van der Waals surface area contributed by atoms with Gasteiger partial charge in [-0.05, 0) is 39.5 Å². The van der Waals surface area contributed by atoms with Crippen molar-refractivity contribution in [3.8, 4) is 0 Å². The van der Waals surface area contributed by atoms with Crippen molar-refractivity contribution in [1.29, 1.82) is 0 Å². The fraction of sp³-hybridized carbons (Fsp3) is 0.867. The fourth-order valence-corrected chi connectivity index (χ4v) is 3.89. The van der Waals surface area contributed by atoms with Gasteiger partial charge in [0.1, 0.15) is 12.1 Å². The standard InChI is InChI=1S/C15H24N2O3/c1-10(12-6-8-20-9-12)17-11(2)14(18)16-7-4-3-5-13(16)15(17)19/h10-13H,3-9H2,1-2H3. The number of fused-ring (bicyclic) bond motifs is 1. The molecule has 4 atom stereocenters. The third-order valence-corrected chi connectivity index (χ3v) is 5.19. The Labute approximate surface area is 120 Å². The first-order valence-corrected chi connectivity index (χ1v) is 7.81. The van der Waals surface area contributed by atoms with E-state index in [1.807, 2.05) is 16.7 Å². The Morgan fingerprint density at radius 2 is 2.00 bits per heavy atom. The van der Waals surface area contributed by atoms with Gasteiger partial charge in [0.15, 0.2) is 0 Å².